The highest BCUT2D eigenvalue weighted by Gasteiger charge is 2.20. The van der Waals surface area contributed by atoms with Crippen molar-refractivity contribution in [1.82, 2.24) is 0 Å². The van der Waals surface area contributed by atoms with Crippen LogP contribution in [0, 0.1) is 0 Å². The van der Waals surface area contributed by atoms with Crippen LogP contribution in [0.2, 0.25) is 0 Å². The van der Waals surface area contributed by atoms with Gasteiger partial charge in [-0.1, -0.05) is 36.7 Å². The average molecular weight is 422 g/mol. The van der Waals surface area contributed by atoms with Crippen LogP contribution < -0.4 is 19.5 Å². The van der Waals surface area contributed by atoms with Crippen molar-refractivity contribution in [2.24, 2.45) is 0 Å². The van der Waals surface area contributed by atoms with E-state index in [1.165, 1.54) is 0 Å². The van der Waals surface area contributed by atoms with E-state index in [4.69, 9.17) is 14.2 Å². The van der Waals surface area contributed by atoms with Crippen molar-refractivity contribution in [3.63, 3.8) is 0 Å². The van der Waals surface area contributed by atoms with E-state index in [0.29, 0.717) is 22.9 Å². The second-order valence-corrected chi connectivity index (χ2v) is 7.71. The first-order valence-corrected chi connectivity index (χ1v) is 8.98. The molecule has 0 saturated carbocycles. The van der Waals surface area contributed by atoms with E-state index < -0.39 is 0 Å². The molecule has 6 heteroatoms. The van der Waals surface area contributed by atoms with Crippen LogP contribution in [0.5, 0.6) is 17.2 Å². The molecule has 0 atom stereocenters. The Kier molecular flexibility index (Phi) is 6.53. The number of anilines is 1. The maximum absolute atomic E-state index is 12.3. The van der Waals surface area contributed by atoms with E-state index in [-0.39, 0.29) is 17.9 Å². The molecule has 0 aliphatic rings. The predicted molar refractivity (Wildman–Crippen MR) is 107 cm³/mol. The first-order valence-electron chi connectivity index (χ1n) is 8.19. The van der Waals surface area contributed by atoms with Crippen molar-refractivity contribution < 1.29 is 19.0 Å². The van der Waals surface area contributed by atoms with Gasteiger partial charge in [-0.05, 0) is 35.7 Å². The number of nitrogens with one attached hydrogen (secondary N) is 1. The molecule has 0 saturated heterocycles. The maximum Gasteiger partial charge on any atom is 0.262 e. The Hall–Kier alpha value is -2.21. The highest BCUT2D eigenvalue weighted by atomic mass is 79.9. The normalized spacial score (nSPS) is 11.0. The summed E-state index contributed by atoms with van der Waals surface area (Å²) in [7, 11) is 3.11. The number of benzene rings is 2. The molecule has 0 aliphatic heterocycles. The van der Waals surface area contributed by atoms with Crippen molar-refractivity contribution in [3.8, 4) is 17.2 Å². The molecular formula is C20H24BrNO4. The third-order valence-electron chi connectivity index (χ3n) is 3.78. The fourth-order valence-electron chi connectivity index (χ4n) is 2.47. The molecule has 5 nitrogen and oxygen atoms in total. The van der Waals surface area contributed by atoms with E-state index in [1.54, 1.807) is 32.4 Å². The van der Waals surface area contributed by atoms with E-state index in [2.05, 4.69) is 42.0 Å². The highest BCUT2D eigenvalue weighted by Crippen LogP contribution is 2.34. The molecular weight excluding hydrogens is 398 g/mol. The third kappa shape index (κ3) is 5.14. The lowest BCUT2D eigenvalue weighted by atomic mass is 9.86. The molecule has 0 aromatic heterocycles. The van der Waals surface area contributed by atoms with Crippen LogP contribution in [0.25, 0.3) is 0 Å². The molecule has 0 spiro atoms. The summed E-state index contributed by atoms with van der Waals surface area (Å²) < 4.78 is 17.2. The summed E-state index contributed by atoms with van der Waals surface area (Å²) in [6.07, 6.45) is 0. The topological polar surface area (TPSA) is 56.8 Å². The zero-order valence-electron chi connectivity index (χ0n) is 15.7. The second kappa shape index (κ2) is 8.45. The van der Waals surface area contributed by atoms with Gasteiger partial charge in [0.05, 0.1) is 14.2 Å². The summed E-state index contributed by atoms with van der Waals surface area (Å²) in [4.78, 5) is 12.3. The number of hydrogen-bond acceptors (Lipinski definition) is 4. The zero-order valence-corrected chi connectivity index (χ0v) is 17.3. The lowest BCUT2D eigenvalue weighted by molar-refractivity contribution is -0.118. The minimum Gasteiger partial charge on any atom is -0.493 e. The summed E-state index contributed by atoms with van der Waals surface area (Å²) in [5, 5.41) is 2.80. The maximum atomic E-state index is 12.3. The first-order chi connectivity index (χ1) is 12.2. The van der Waals surface area contributed by atoms with Gasteiger partial charge >= 0.3 is 0 Å². The zero-order chi connectivity index (χ0) is 19.3. The fourth-order valence-corrected chi connectivity index (χ4v) is 2.83. The molecule has 0 aliphatic carbocycles. The summed E-state index contributed by atoms with van der Waals surface area (Å²) in [6.45, 7) is 6.22. The number of hydrogen-bond donors (Lipinski definition) is 1. The molecule has 0 radical (unpaired) electrons. The van der Waals surface area contributed by atoms with Crippen LogP contribution >= 0.6 is 15.9 Å². The van der Waals surface area contributed by atoms with E-state index in [0.717, 1.165) is 10.0 Å². The van der Waals surface area contributed by atoms with Crippen LogP contribution in [0.4, 0.5) is 5.69 Å². The summed E-state index contributed by atoms with van der Waals surface area (Å²) in [5.74, 6) is 1.60. The minimum absolute atomic E-state index is 0.0843. The van der Waals surface area contributed by atoms with E-state index in [1.807, 2.05) is 18.2 Å². The van der Waals surface area contributed by atoms with E-state index >= 15 is 0 Å². The molecule has 2 aromatic carbocycles. The van der Waals surface area contributed by atoms with Gasteiger partial charge in [0, 0.05) is 21.8 Å². The molecule has 0 heterocycles. The third-order valence-corrected chi connectivity index (χ3v) is 4.27. The van der Waals surface area contributed by atoms with Crippen LogP contribution in [0.1, 0.15) is 26.3 Å². The lowest BCUT2D eigenvalue weighted by Crippen LogP contribution is -2.22. The van der Waals surface area contributed by atoms with Gasteiger partial charge in [-0.15, -0.1) is 0 Å². The van der Waals surface area contributed by atoms with Gasteiger partial charge in [0.25, 0.3) is 5.91 Å². The fraction of sp³-hybridized carbons (Fsp3) is 0.350. The molecule has 1 N–H and O–H groups in total. The van der Waals surface area contributed by atoms with Crippen molar-refractivity contribution in [1.29, 1.82) is 0 Å². The predicted octanol–water partition coefficient (Wildman–Crippen LogP) is 4.78. The smallest absolute Gasteiger partial charge is 0.262 e. The Morgan fingerprint density at radius 2 is 1.65 bits per heavy atom. The minimum atomic E-state index is -0.250. The van der Waals surface area contributed by atoms with Gasteiger partial charge in [0.2, 0.25) is 0 Å². The number of halogens is 1. The van der Waals surface area contributed by atoms with Gasteiger partial charge < -0.3 is 19.5 Å². The second-order valence-electron chi connectivity index (χ2n) is 6.80. The van der Waals surface area contributed by atoms with Gasteiger partial charge in [-0.3, -0.25) is 4.79 Å². The summed E-state index contributed by atoms with van der Waals surface area (Å²) in [5.41, 5.74) is 1.55. The van der Waals surface area contributed by atoms with Gasteiger partial charge in [-0.2, -0.15) is 0 Å². The Bertz CT molecular complexity index is 784. The molecule has 140 valence electrons. The molecule has 0 fully saturated rings. The Morgan fingerprint density at radius 1 is 1.00 bits per heavy atom. The summed E-state index contributed by atoms with van der Waals surface area (Å²) >= 11 is 3.48. The Morgan fingerprint density at radius 3 is 2.27 bits per heavy atom. The van der Waals surface area contributed by atoms with Gasteiger partial charge in [0.1, 0.15) is 5.75 Å². The summed E-state index contributed by atoms with van der Waals surface area (Å²) in [6, 6.07) is 11.0. The molecule has 26 heavy (non-hydrogen) atoms. The number of methoxy groups -OCH3 is 2. The Balaban J connectivity index is 2.06. The van der Waals surface area contributed by atoms with Crippen molar-refractivity contribution in [2.45, 2.75) is 26.2 Å². The molecule has 0 bridgehead atoms. The highest BCUT2D eigenvalue weighted by molar-refractivity contribution is 9.10. The lowest BCUT2D eigenvalue weighted by Gasteiger charge is -2.23. The van der Waals surface area contributed by atoms with Crippen LogP contribution in [-0.4, -0.2) is 26.7 Å². The van der Waals surface area contributed by atoms with Crippen LogP contribution in [0.3, 0.4) is 0 Å². The first kappa shape index (κ1) is 20.1. The number of ether oxygens (including phenoxy) is 3. The van der Waals surface area contributed by atoms with Gasteiger partial charge in [-0.25, -0.2) is 0 Å². The molecule has 0 unspecified atom stereocenters. The monoisotopic (exact) mass is 421 g/mol. The Labute approximate surface area is 162 Å². The SMILES string of the molecule is COc1ccc(NC(=O)COc2ccc(Br)cc2C(C)(C)C)cc1OC. The van der Waals surface area contributed by atoms with Crippen LogP contribution in [0.15, 0.2) is 40.9 Å². The standard InChI is InChI=1S/C20H24BrNO4/c1-20(2,3)15-10-13(21)6-8-16(15)26-12-19(23)22-14-7-9-17(24-4)18(11-14)25-5/h6-11H,12H2,1-5H3,(H,22,23). The van der Waals surface area contributed by atoms with Gasteiger partial charge in [0.15, 0.2) is 18.1 Å². The van der Waals surface area contributed by atoms with Crippen molar-refractivity contribution in [3.05, 3.63) is 46.4 Å². The number of rotatable bonds is 6. The van der Waals surface area contributed by atoms with E-state index in [9.17, 15) is 4.79 Å². The van der Waals surface area contributed by atoms with Crippen molar-refractivity contribution in [2.75, 3.05) is 26.1 Å². The molecule has 1 amide bonds. The number of carbonyl (C=O) groups is 1. The van der Waals surface area contributed by atoms with Crippen LogP contribution in [-0.2, 0) is 10.2 Å². The largest absolute Gasteiger partial charge is 0.493 e. The quantitative estimate of drug-likeness (QED) is 0.728. The van der Waals surface area contributed by atoms with Crippen molar-refractivity contribution >= 4 is 27.5 Å². The molecule has 2 rings (SSSR count). The number of carbonyl (C=O) groups excluding carboxylic acids is 1. The average Bonchev–Trinajstić information content (AvgIpc) is 2.59. The molecule has 2 aromatic rings. The number of amides is 1.